The van der Waals surface area contributed by atoms with Gasteiger partial charge in [0.1, 0.15) is 18.1 Å². The lowest BCUT2D eigenvalue weighted by Crippen LogP contribution is -2.20. The van der Waals surface area contributed by atoms with Gasteiger partial charge < -0.3 is 4.74 Å². The maximum atomic E-state index is 12.8. The highest BCUT2D eigenvalue weighted by Crippen LogP contribution is 2.30. The van der Waals surface area contributed by atoms with Crippen molar-refractivity contribution >= 4 is 34.5 Å². The van der Waals surface area contributed by atoms with E-state index in [4.69, 9.17) is 27.9 Å². The number of hydrogen-bond donors (Lipinski definition) is 0. The minimum absolute atomic E-state index is 0.296. The summed E-state index contributed by atoms with van der Waals surface area (Å²) < 4.78 is 44.1. The molecule has 0 atom stereocenters. The smallest absolute Gasteiger partial charge is 0.432 e. The molecule has 0 aliphatic heterocycles. The fourth-order valence-electron chi connectivity index (χ4n) is 2.21. The van der Waals surface area contributed by atoms with Gasteiger partial charge in [-0.25, -0.2) is 0 Å². The van der Waals surface area contributed by atoms with Crippen LogP contribution < -0.4 is 4.74 Å². The second-order valence-corrected chi connectivity index (χ2v) is 6.33. The zero-order chi connectivity index (χ0) is 21.3. The highest BCUT2D eigenvalue weighted by Gasteiger charge is 2.33. The Bertz CT molecular complexity index is 829. The average molecular weight is 432 g/mol. The Morgan fingerprint density at radius 3 is 2.18 bits per heavy atom. The Kier molecular flexibility index (Phi) is 9.56. The first-order valence-corrected chi connectivity index (χ1v) is 9.35. The van der Waals surface area contributed by atoms with E-state index in [-0.39, 0.29) is 0 Å². The third-order valence-electron chi connectivity index (χ3n) is 3.57. The van der Waals surface area contributed by atoms with Gasteiger partial charge in [-0.15, -0.1) is 0 Å². The number of halogens is 5. The van der Waals surface area contributed by atoms with Crippen LogP contribution in [0.5, 0.6) is 5.75 Å². The molecule has 2 aromatic carbocycles. The minimum atomic E-state index is -4.51. The largest absolute Gasteiger partial charge is 0.489 e. The first-order chi connectivity index (χ1) is 13.2. The molecule has 0 bridgehead atoms. The van der Waals surface area contributed by atoms with E-state index in [2.05, 4.69) is 4.99 Å². The minimum Gasteiger partial charge on any atom is -0.489 e. The van der Waals surface area contributed by atoms with Gasteiger partial charge in [-0.2, -0.15) is 13.2 Å². The molecule has 0 saturated heterocycles. The number of rotatable bonds is 5. The van der Waals surface area contributed by atoms with Crippen molar-refractivity contribution in [2.45, 2.75) is 33.6 Å². The van der Waals surface area contributed by atoms with E-state index in [9.17, 15) is 13.2 Å². The van der Waals surface area contributed by atoms with Gasteiger partial charge >= 0.3 is 6.18 Å². The molecule has 28 heavy (non-hydrogen) atoms. The molecule has 0 saturated carbocycles. The maximum absolute atomic E-state index is 12.8. The van der Waals surface area contributed by atoms with E-state index in [1.807, 2.05) is 26.0 Å². The molecule has 0 spiro atoms. The molecule has 0 N–H and O–H groups in total. The summed E-state index contributed by atoms with van der Waals surface area (Å²) >= 11 is 12.0. The van der Waals surface area contributed by atoms with E-state index in [0.29, 0.717) is 33.5 Å². The second kappa shape index (κ2) is 11.1. The molecule has 2 rings (SSSR count). The van der Waals surface area contributed by atoms with E-state index in [1.54, 1.807) is 37.3 Å². The molecule has 0 aliphatic rings. The monoisotopic (exact) mass is 431 g/mol. The number of nitrogens with zero attached hydrogens (tertiary/aromatic N) is 1. The summed E-state index contributed by atoms with van der Waals surface area (Å²) in [6, 6.07) is 12.1. The average Bonchev–Trinajstić information content (AvgIpc) is 2.66. The highest BCUT2D eigenvalue weighted by molar-refractivity contribution is 6.32. The quantitative estimate of drug-likeness (QED) is 0.445. The van der Waals surface area contributed by atoms with Crippen molar-refractivity contribution in [2.24, 2.45) is 4.99 Å². The molecule has 0 amide bonds. The van der Waals surface area contributed by atoms with Gasteiger partial charge in [0.2, 0.25) is 0 Å². The normalized spacial score (nSPS) is 12.3. The number of ether oxygens (including phenoxy) is 1. The number of hydrogen-bond acceptors (Lipinski definition) is 2. The van der Waals surface area contributed by atoms with Crippen molar-refractivity contribution in [3.05, 3.63) is 69.7 Å². The zero-order valence-electron chi connectivity index (χ0n) is 16.1. The van der Waals surface area contributed by atoms with Gasteiger partial charge in [0.05, 0.1) is 5.02 Å². The third kappa shape index (κ3) is 7.21. The van der Waals surface area contributed by atoms with E-state index in [0.717, 1.165) is 18.7 Å². The topological polar surface area (TPSA) is 21.6 Å². The molecule has 2 aromatic rings. The van der Waals surface area contributed by atoms with Crippen LogP contribution in [-0.4, -0.2) is 18.9 Å². The first-order valence-electron chi connectivity index (χ1n) is 8.60. The van der Waals surface area contributed by atoms with Crippen LogP contribution >= 0.6 is 23.2 Å². The van der Waals surface area contributed by atoms with Crippen LogP contribution in [0.15, 0.2) is 53.5 Å². The third-order valence-corrected chi connectivity index (χ3v) is 4.13. The molecular formula is C21H22Cl2F3NO. The fourth-order valence-corrected chi connectivity index (χ4v) is 2.65. The fraction of sp³-hybridized carbons (Fsp3) is 0.286. The summed E-state index contributed by atoms with van der Waals surface area (Å²) in [5.41, 5.74) is 0.807. The Morgan fingerprint density at radius 1 is 1.07 bits per heavy atom. The molecule has 7 heteroatoms. The molecule has 152 valence electrons. The predicted molar refractivity (Wildman–Crippen MR) is 112 cm³/mol. The SMILES string of the molecule is CC.CN=C(/C=C(\C)c1ccc(OCc2ccc(Cl)cc2)cc1Cl)C(F)(F)F. The Hall–Kier alpha value is -1.98. The summed E-state index contributed by atoms with van der Waals surface area (Å²) in [7, 11) is 1.10. The molecule has 0 aliphatic carbocycles. The van der Waals surface area contributed by atoms with E-state index in [1.165, 1.54) is 0 Å². The van der Waals surface area contributed by atoms with Gasteiger partial charge in [0.15, 0.2) is 0 Å². The predicted octanol–water partition coefficient (Wildman–Crippen LogP) is 7.64. The van der Waals surface area contributed by atoms with Gasteiger partial charge in [-0.1, -0.05) is 49.2 Å². The number of aliphatic imine (C=N–C) groups is 1. The maximum Gasteiger partial charge on any atom is 0.432 e. The molecule has 0 radical (unpaired) electrons. The Labute approximate surface area is 173 Å². The van der Waals surface area contributed by atoms with Crippen LogP contribution in [0.1, 0.15) is 31.9 Å². The van der Waals surface area contributed by atoms with Crippen LogP contribution in [0.25, 0.3) is 5.57 Å². The first kappa shape index (κ1) is 24.1. The van der Waals surface area contributed by atoms with Crippen molar-refractivity contribution in [1.29, 1.82) is 0 Å². The van der Waals surface area contributed by atoms with E-state index < -0.39 is 11.9 Å². The molecular weight excluding hydrogens is 410 g/mol. The van der Waals surface area contributed by atoms with Gasteiger partial charge in [0.25, 0.3) is 0 Å². The van der Waals surface area contributed by atoms with Crippen molar-refractivity contribution in [3.8, 4) is 5.75 Å². The lowest BCUT2D eigenvalue weighted by molar-refractivity contribution is -0.0577. The second-order valence-electron chi connectivity index (χ2n) is 5.49. The van der Waals surface area contributed by atoms with Gasteiger partial charge in [-0.05, 0) is 60.0 Å². The zero-order valence-corrected chi connectivity index (χ0v) is 17.6. The van der Waals surface area contributed by atoms with Crippen molar-refractivity contribution in [1.82, 2.24) is 0 Å². The number of benzene rings is 2. The molecule has 0 aromatic heterocycles. The summed E-state index contributed by atoms with van der Waals surface area (Å²) in [6.45, 7) is 5.87. The molecule has 0 unspecified atom stereocenters. The van der Waals surface area contributed by atoms with Crippen molar-refractivity contribution in [2.75, 3.05) is 7.05 Å². The summed E-state index contributed by atoms with van der Waals surface area (Å²) in [5, 5.41) is 0.933. The number of allylic oxidation sites excluding steroid dienone is 2. The van der Waals surface area contributed by atoms with E-state index >= 15 is 0 Å². The van der Waals surface area contributed by atoms with Gasteiger partial charge in [-0.3, -0.25) is 4.99 Å². The molecule has 0 heterocycles. The van der Waals surface area contributed by atoms with Crippen LogP contribution in [0.4, 0.5) is 13.2 Å². The van der Waals surface area contributed by atoms with Crippen LogP contribution in [-0.2, 0) is 6.61 Å². The summed E-state index contributed by atoms with van der Waals surface area (Å²) in [5.74, 6) is 0.515. The van der Waals surface area contributed by atoms with Crippen LogP contribution in [0.3, 0.4) is 0 Å². The Morgan fingerprint density at radius 2 is 1.68 bits per heavy atom. The summed E-state index contributed by atoms with van der Waals surface area (Å²) in [4.78, 5) is 3.28. The van der Waals surface area contributed by atoms with Gasteiger partial charge in [0, 0.05) is 12.1 Å². The highest BCUT2D eigenvalue weighted by atomic mass is 35.5. The lowest BCUT2D eigenvalue weighted by Gasteiger charge is -2.11. The Balaban J connectivity index is 0.00000190. The van der Waals surface area contributed by atoms with Crippen molar-refractivity contribution in [3.63, 3.8) is 0 Å². The number of alkyl halides is 3. The molecule has 0 fully saturated rings. The summed E-state index contributed by atoms with van der Waals surface area (Å²) in [6.07, 6.45) is -3.54. The standard InChI is InChI=1S/C19H16Cl2F3NO.C2H6/c1-12(9-18(25-2)19(22,23)24)16-8-7-15(10-17(16)21)26-11-13-3-5-14(20)6-4-13;1-2/h3-10H,11H2,1-2H3;1-2H3/b12-9+,25-18?;. The van der Waals surface area contributed by atoms with Crippen LogP contribution in [0.2, 0.25) is 10.0 Å². The van der Waals surface area contributed by atoms with Crippen LogP contribution in [0, 0.1) is 0 Å². The lowest BCUT2D eigenvalue weighted by atomic mass is 10.1. The molecule has 2 nitrogen and oxygen atoms in total. The van der Waals surface area contributed by atoms with Crippen molar-refractivity contribution < 1.29 is 17.9 Å².